The standard InChI is InChI=1S/C25H31N7/c1-19-29-23-22(32(19)16-20-5-6-20)17-30(15-21-4-2-9-26-14-21)18-25(23)7-12-31(13-8-25)24-27-10-3-11-28-24/h2-4,9-11,14,20H,5-8,12-13,15-18H2,1H3. The number of hydrogen-bond donors (Lipinski definition) is 0. The van der Waals surface area contributed by atoms with E-state index in [-0.39, 0.29) is 5.41 Å². The second-order valence-electron chi connectivity index (χ2n) is 9.83. The number of aromatic nitrogens is 5. The van der Waals surface area contributed by atoms with E-state index in [4.69, 9.17) is 4.98 Å². The van der Waals surface area contributed by atoms with Crippen molar-refractivity contribution in [3.8, 4) is 0 Å². The van der Waals surface area contributed by atoms with Gasteiger partial charge in [0.2, 0.25) is 5.95 Å². The summed E-state index contributed by atoms with van der Waals surface area (Å²) < 4.78 is 2.54. The average Bonchev–Trinajstić information content (AvgIpc) is 3.59. The van der Waals surface area contributed by atoms with Gasteiger partial charge < -0.3 is 9.47 Å². The first kappa shape index (κ1) is 19.9. The minimum atomic E-state index is 0.0979. The van der Waals surface area contributed by atoms with Crippen LogP contribution in [0.2, 0.25) is 0 Å². The lowest BCUT2D eigenvalue weighted by molar-refractivity contribution is 0.138. The van der Waals surface area contributed by atoms with Crippen LogP contribution in [-0.4, -0.2) is 49.0 Å². The highest BCUT2D eigenvalue weighted by Gasteiger charge is 2.45. The predicted octanol–water partition coefficient (Wildman–Crippen LogP) is 3.34. The van der Waals surface area contributed by atoms with Gasteiger partial charge in [-0.15, -0.1) is 0 Å². The summed E-state index contributed by atoms with van der Waals surface area (Å²) in [5.74, 6) is 2.88. The zero-order chi connectivity index (χ0) is 21.5. The molecule has 3 aliphatic rings. The molecule has 0 N–H and O–H groups in total. The number of hydrogen-bond acceptors (Lipinski definition) is 6. The fourth-order valence-electron chi connectivity index (χ4n) is 5.61. The summed E-state index contributed by atoms with van der Waals surface area (Å²) in [5, 5.41) is 0. The summed E-state index contributed by atoms with van der Waals surface area (Å²) in [6.07, 6.45) is 12.4. The number of anilines is 1. The SMILES string of the molecule is Cc1nc2c(n1CC1CC1)CN(Cc1cccnc1)CC21CCN(c2ncccn2)CC1. The average molecular weight is 430 g/mol. The molecule has 0 unspecified atom stereocenters. The number of pyridine rings is 1. The van der Waals surface area contributed by atoms with E-state index in [1.54, 1.807) is 0 Å². The van der Waals surface area contributed by atoms with E-state index in [1.807, 2.05) is 36.9 Å². The van der Waals surface area contributed by atoms with Crippen LogP contribution in [0.4, 0.5) is 5.95 Å². The van der Waals surface area contributed by atoms with Crippen LogP contribution in [0, 0.1) is 12.8 Å². The van der Waals surface area contributed by atoms with Crippen LogP contribution in [0.5, 0.6) is 0 Å². The molecular formula is C25H31N7. The van der Waals surface area contributed by atoms with Gasteiger partial charge in [0.25, 0.3) is 0 Å². The Hall–Kier alpha value is -2.80. The number of aryl methyl sites for hydroxylation is 1. The maximum Gasteiger partial charge on any atom is 0.225 e. The van der Waals surface area contributed by atoms with Gasteiger partial charge >= 0.3 is 0 Å². The molecule has 0 amide bonds. The molecule has 0 bridgehead atoms. The number of piperidine rings is 1. The van der Waals surface area contributed by atoms with E-state index in [0.717, 1.165) is 64.0 Å². The minimum Gasteiger partial charge on any atom is -0.341 e. The van der Waals surface area contributed by atoms with Crippen molar-refractivity contribution in [1.29, 1.82) is 0 Å². The van der Waals surface area contributed by atoms with Crippen molar-refractivity contribution in [2.75, 3.05) is 24.5 Å². The Kier molecular flexibility index (Phi) is 4.94. The Morgan fingerprint density at radius 3 is 2.59 bits per heavy atom. The zero-order valence-corrected chi connectivity index (χ0v) is 18.8. The van der Waals surface area contributed by atoms with Crippen LogP contribution in [-0.2, 0) is 25.0 Å². The fraction of sp³-hybridized carbons (Fsp3) is 0.520. The van der Waals surface area contributed by atoms with Crippen molar-refractivity contribution in [2.45, 2.75) is 57.7 Å². The molecule has 5 heterocycles. The van der Waals surface area contributed by atoms with Gasteiger partial charge in [-0.1, -0.05) is 6.07 Å². The predicted molar refractivity (Wildman–Crippen MR) is 123 cm³/mol. The monoisotopic (exact) mass is 429 g/mol. The summed E-state index contributed by atoms with van der Waals surface area (Å²) in [6.45, 7) is 8.25. The normalized spacial score (nSPS) is 20.5. The summed E-state index contributed by atoms with van der Waals surface area (Å²) >= 11 is 0. The summed E-state index contributed by atoms with van der Waals surface area (Å²) in [4.78, 5) is 23.5. The molecule has 2 aliphatic heterocycles. The Bertz CT molecular complexity index is 1070. The number of rotatable bonds is 5. The van der Waals surface area contributed by atoms with E-state index in [2.05, 4.69) is 42.3 Å². The third-order valence-corrected chi connectivity index (χ3v) is 7.49. The number of nitrogens with zero attached hydrogens (tertiary/aromatic N) is 7. The molecule has 0 aromatic carbocycles. The maximum atomic E-state index is 5.22. The molecule has 7 heteroatoms. The molecule has 6 rings (SSSR count). The molecule has 2 fully saturated rings. The molecule has 166 valence electrons. The van der Waals surface area contributed by atoms with Crippen molar-refractivity contribution >= 4 is 5.95 Å². The maximum absolute atomic E-state index is 5.22. The Morgan fingerprint density at radius 2 is 1.88 bits per heavy atom. The third-order valence-electron chi connectivity index (χ3n) is 7.49. The lowest BCUT2D eigenvalue weighted by atomic mass is 9.72. The van der Waals surface area contributed by atoms with Crippen molar-refractivity contribution in [3.63, 3.8) is 0 Å². The second-order valence-corrected chi connectivity index (χ2v) is 9.83. The van der Waals surface area contributed by atoms with Gasteiger partial charge in [0.1, 0.15) is 5.82 Å². The van der Waals surface area contributed by atoms with Crippen LogP contribution >= 0.6 is 0 Å². The third kappa shape index (κ3) is 3.68. The van der Waals surface area contributed by atoms with Crippen molar-refractivity contribution in [3.05, 3.63) is 65.8 Å². The van der Waals surface area contributed by atoms with Crippen molar-refractivity contribution < 1.29 is 0 Å². The quantitative estimate of drug-likeness (QED) is 0.620. The van der Waals surface area contributed by atoms with E-state index in [1.165, 1.54) is 35.6 Å². The molecular weight excluding hydrogens is 398 g/mol. The highest BCUT2D eigenvalue weighted by molar-refractivity contribution is 5.36. The number of fused-ring (bicyclic) bond motifs is 2. The highest BCUT2D eigenvalue weighted by atomic mass is 15.3. The van der Waals surface area contributed by atoms with Crippen molar-refractivity contribution in [2.24, 2.45) is 5.92 Å². The lowest BCUT2D eigenvalue weighted by Gasteiger charge is -2.47. The van der Waals surface area contributed by atoms with E-state index >= 15 is 0 Å². The Balaban J connectivity index is 1.31. The second kappa shape index (κ2) is 7.96. The van der Waals surface area contributed by atoms with Gasteiger partial charge in [-0.3, -0.25) is 9.88 Å². The van der Waals surface area contributed by atoms with Crippen molar-refractivity contribution in [1.82, 2.24) is 29.4 Å². The number of imidazole rings is 1. The lowest BCUT2D eigenvalue weighted by Crippen LogP contribution is -2.52. The molecule has 32 heavy (non-hydrogen) atoms. The van der Waals surface area contributed by atoms with Crippen LogP contribution in [0.1, 0.15) is 48.5 Å². The van der Waals surface area contributed by atoms with Crippen LogP contribution < -0.4 is 4.90 Å². The first-order chi connectivity index (χ1) is 15.7. The molecule has 3 aromatic rings. The van der Waals surface area contributed by atoms with Crippen LogP contribution in [0.15, 0.2) is 43.0 Å². The van der Waals surface area contributed by atoms with E-state index < -0.39 is 0 Å². The molecule has 7 nitrogen and oxygen atoms in total. The van der Waals surface area contributed by atoms with Gasteiger partial charge in [0.15, 0.2) is 0 Å². The first-order valence-electron chi connectivity index (χ1n) is 11.9. The summed E-state index contributed by atoms with van der Waals surface area (Å²) in [7, 11) is 0. The van der Waals surface area contributed by atoms with Gasteiger partial charge in [-0.25, -0.2) is 15.0 Å². The van der Waals surface area contributed by atoms with E-state index in [0.29, 0.717) is 0 Å². The summed E-state index contributed by atoms with van der Waals surface area (Å²) in [6, 6.07) is 6.12. The molecule has 3 aromatic heterocycles. The molecule has 1 saturated carbocycles. The highest BCUT2D eigenvalue weighted by Crippen LogP contribution is 2.43. The van der Waals surface area contributed by atoms with Crippen LogP contribution in [0.3, 0.4) is 0 Å². The van der Waals surface area contributed by atoms with Gasteiger partial charge in [0, 0.05) is 69.5 Å². The molecule has 0 atom stereocenters. The first-order valence-corrected chi connectivity index (χ1v) is 11.9. The van der Waals surface area contributed by atoms with Gasteiger partial charge in [-0.2, -0.15) is 0 Å². The topological polar surface area (TPSA) is 63.0 Å². The van der Waals surface area contributed by atoms with Gasteiger partial charge in [-0.05, 0) is 56.2 Å². The molecule has 1 aliphatic carbocycles. The molecule has 1 spiro atoms. The van der Waals surface area contributed by atoms with Crippen LogP contribution in [0.25, 0.3) is 0 Å². The Labute approximate surface area is 189 Å². The van der Waals surface area contributed by atoms with E-state index in [9.17, 15) is 0 Å². The largest absolute Gasteiger partial charge is 0.341 e. The minimum absolute atomic E-state index is 0.0979. The van der Waals surface area contributed by atoms with Gasteiger partial charge in [0.05, 0.1) is 11.4 Å². The fourth-order valence-corrected chi connectivity index (χ4v) is 5.61. The zero-order valence-electron chi connectivity index (χ0n) is 18.8. The Morgan fingerprint density at radius 1 is 1.06 bits per heavy atom. The smallest absolute Gasteiger partial charge is 0.225 e. The molecule has 1 saturated heterocycles. The molecule has 0 radical (unpaired) electrons. The summed E-state index contributed by atoms with van der Waals surface area (Å²) in [5.41, 5.74) is 4.20.